The summed E-state index contributed by atoms with van der Waals surface area (Å²) in [6, 6.07) is 9.73. The summed E-state index contributed by atoms with van der Waals surface area (Å²) < 4.78 is 6.91. The second-order valence-corrected chi connectivity index (χ2v) is 4.25. The summed E-state index contributed by atoms with van der Waals surface area (Å²) in [6.07, 6.45) is 0. The van der Waals surface area contributed by atoms with E-state index in [2.05, 4.69) is 10.2 Å². The average molecular weight is 259 g/mol. The highest BCUT2D eigenvalue weighted by molar-refractivity contribution is 5.76. The van der Waals surface area contributed by atoms with Crippen molar-refractivity contribution < 1.29 is 9.53 Å². The van der Waals surface area contributed by atoms with Crippen molar-refractivity contribution in [3.63, 3.8) is 0 Å². The minimum atomic E-state index is -0.443. The summed E-state index contributed by atoms with van der Waals surface area (Å²) in [7, 11) is 0. The van der Waals surface area contributed by atoms with Gasteiger partial charge in [-0.3, -0.25) is 9.36 Å². The van der Waals surface area contributed by atoms with Crippen LogP contribution in [0.4, 0.5) is 0 Å². The van der Waals surface area contributed by atoms with E-state index in [1.165, 1.54) is 0 Å². The molecule has 0 bridgehead atoms. The number of carbonyl (C=O) groups is 1. The third-order valence-electron chi connectivity index (χ3n) is 2.89. The number of carbonyl (C=O) groups excluding carboxylic acids is 1. The molecule has 0 aliphatic rings. The first kappa shape index (κ1) is 13.3. The van der Waals surface area contributed by atoms with Gasteiger partial charge < -0.3 is 4.74 Å². The zero-order valence-corrected chi connectivity index (χ0v) is 11.3. The second-order valence-electron chi connectivity index (χ2n) is 4.25. The third kappa shape index (κ3) is 2.65. The van der Waals surface area contributed by atoms with Crippen molar-refractivity contribution in [1.29, 1.82) is 0 Å². The number of rotatable bonds is 4. The highest BCUT2D eigenvalue weighted by atomic mass is 16.5. The van der Waals surface area contributed by atoms with Gasteiger partial charge in [0.2, 0.25) is 0 Å². The largest absolute Gasteiger partial charge is 0.465 e. The van der Waals surface area contributed by atoms with Crippen LogP contribution < -0.4 is 0 Å². The summed E-state index contributed by atoms with van der Waals surface area (Å²) in [5.74, 6) is 0.618. The molecular formula is C14H17N3O2. The molecule has 0 spiro atoms. The maximum absolute atomic E-state index is 11.8. The fourth-order valence-electron chi connectivity index (χ4n) is 1.93. The van der Waals surface area contributed by atoms with Crippen LogP contribution in [0.2, 0.25) is 0 Å². The molecule has 2 rings (SSSR count). The topological polar surface area (TPSA) is 57.0 Å². The van der Waals surface area contributed by atoms with E-state index in [1.807, 2.05) is 41.8 Å². The molecular weight excluding hydrogens is 242 g/mol. The van der Waals surface area contributed by atoms with Crippen molar-refractivity contribution in [2.24, 2.45) is 0 Å². The van der Waals surface area contributed by atoms with E-state index in [1.54, 1.807) is 13.8 Å². The Morgan fingerprint density at radius 3 is 2.63 bits per heavy atom. The fourth-order valence-corrected chi connectivity index (χ4v) is 1.93. The molecule has 2 aromatic rings. The highest BCUT2D eigenvalue weighted by Gasteiger charge is 2.24. The normalized spacial score (nSPS) is 12.2. The molecule has 0 aliphatic heterocycles. The number of hydrogen-bond acceptors (Lipinski definition) is 4. The SMILES string of the molecule is CCOC(=O)C(C)c1nnc(C)n1-c1ccccc1. The average Bonchev–Trinajstić information content (AvgIpc) is 2.81. The summed E-state index contributed by atoms with van der Waals surface area (Å²) in [5, 5.41) is 8.17. The molecule has 0 radical (unpaired) electrons. The van der Waals surface area contributed by atoms with E-state index in [9.17, 15) is 4.79 Å². The van der Waals surface area contributed by atoms with Gasteiger partial charge in [0.05, 0.1) is 6.61 Å². The minimum absolute atomic E-state index is 0.285. The zero-order chi connectivity index (χ0) is 13.8. The second kappa shape index (κ2) is 5.65. The Kier molecular flexibility index (Phi) is 3.94. The summed E-state index contributed by atoms with van der Waals surface area (Å²) in [5.41, 5.74) is 0.941. The minimum Gasteiger partial charge on any atom is -0.465 e. The number of aryl methyl sites for hydroxylation is 1. The zero-order valence-electron chi connectivity index (χ0n) is 11.3. The molecule has 19 heavy (non-hydrogen) atoms. The molecule has 0 aliphatic carbocycles. The Bertz CT molecular complexity index is 563. The van der Waals surface area contributed by atoms with Crippen LogP contribution in [0.3, 0.4) is 0 Å². The van der Waals surface area contributed by atoms with Gasteiger partial charge in [-0.1, -0.05) is 18.2 Å². The van der Waals surface area contributed by atoms with E-state index in [0.29, 0.717) is 12.4 Å². The van der Waals surface area contributed by atoms with Crippen LogP contribution in [0.25, 0.3) is 5.69 Å². The Labute approximate surface area is 112 Å². The van der Waals surface area contributed by atoms with Gasteiger partial charge in [-0.25, -0.2) is 0 Å². The smallest absolute Gasteiger partial charge is 0.316 e. The molecule has 1 heterocycles. The van der Waals surface area contributed by atoms with E-state index in [4.69, 9.17) is 4.74 Å². The Morgan fingerprint density at radius 1 is 1.32 bits per heavy atom. The van der Waals surface area contributed by atoms with Gasteiger partial charge in [0.1, 0.15) is 11.7 Å². The van der Waals surface area contributed by atoms with Crippen molar-refractivity contribution >= 4 is 5.97 Å². The summed E-state index contributed by atoms with van der Waals surface area (Å²) in [6.45, 7) is 5.79. The van der Waals surface area contributed by atoms with Crippen molar-refractivity contribution in [3.05, 3.63) is 42.0 Å². The number of para-hydroxylation sites is 1. The number of aromatic nitrogens is 3. The van der Waals surface area contributed by atoms with Gasteiger partial charge in [-0.2, -0.15) is 0 Å². The van der Waals surface area contributed by atoms with Crippen molar-refractivity contribution in [2.45, 2.75) is 26.7 Å². The van der Waals surface area contributed by atoms with Crippen molar-refractivity contribution in [1.82, 2.24) is 14.8 Å². The van der Waals surface area contributed by atoms with Gasteiger partial charge in [0.25, 0.3) is 0 Å². The highest BCUT2D eigenvalue weighted by Crippen LogP contribution is 2.20. The molecule has 0 amide bonds. The molecule has 1 unspecified atom stereocenters. The van der Waals surface area contributed by atoms with Crippen LogP contribution in [0.1, 0.15) is 31.4 Å². The number of nitrogens with zero attached hydrogens (tertiary/aromatic N) is 3. The Balaban J connectivity index is 2.41. The van der Waals surface area contributed by atoms with Crippen LogP contribution in [0.5, 0.6) is 0 Å². The lowest BCUT2D eigenvalue weighted by Gasteiger charge is -2.13. The molecule has 1 atom stereocenters. The monoisotopic (exact) mass is 259 g/mol. The van der Waals surface area contributed by atoms with Gasteiger partial charge in [0.15, 0.2) is 5.82 Å². The molecule has 0 saturated carbocycles. The van der Waals surface area contributed by atoms with E-state index < -0.39 is 5.92 Å². The molecule has 0 saturated heterocycles. The number of ether oxygens (including phenoxy) is 1. The van der Waals surface area contributed by atoms with Crippen LogP contribution in [-0.2, 0) is 9.53 Å². The lowest BCUT2D eigenvalue weighted by atomic mass is 10.1. The molecule has 5 heteroatoms. The number of benzene rings is 1. The Hall–Kier alpha value is -2.17. The molecule has 0 N–H and O–H groups in total. The van der Waals surface area contributed by atoms with E-state index in [0.717, 1.165) is 11.5 Å². The van der Waals surface area contributed by atoms with Crippen molar-refractivity contribution in [2.75, 3.05) is 6.61 Å². The number of hydrogen-bond donors (Lipinski definition) is 0. The van der Waals surface area contributed by atoms with Crippen molar-refractivity contribution in [3.8, 4) is 5.69 Å². The lowest BCUT2D eigenvalue weighted by molar-refractivity contribution is -0.144. The van der Waals surface area contributed by atoms with Crippen LogP contribution in [0, 0.1) is 6.92 Å². The predicted octanol–water partition coefficient (Wildman–Crippen LogP) is 2.24. The fraction of sp³-hybridized carbons (Fsp3) is 0.357. The maximum Gasteiger partial charge on any atom is 0.316 e. The van der Waals surface area contributed by atoms with Gasteiger partial charge >= 0.3 is 5.97 Å². The first-order chi connectivity index (χ1) is 9.15. The van der Waals surface area contributed by atoms with E-state index in [-0.39, 0.29) is 5.97 Å². The van der Waals surface area contributed by atoms with Gasteiger partial charge in [-0.15, -0.1) is 10.2 Å². The van der Waals surface area contributed by atoms with Crippen LogP contribution >= 0.6 is 0 Å². The summed E-state index contributed by atoms with van der Waals surface area (Å²) in [4.78, 5) is 11.8. The Morgan fingerprint density at radius 2 is 2.00 bits per heavy atom. The van der Waals surface area contributed by atoms with Crippen LogP contribution in [-0.4, -0.2) is 27.3 Å². The maximum atomic E-state index is 11.8. The van der Waals surface area contributed by atoms with Gasteiger partial charge in [0, 0.05) is 5.69 Å². The predicted molar refractivity (Wildman–Crippen MR) is 71.1 cm³/mol. The van der Waals surface area contributed by atoms with Crippen LogP contribution in [0.15, 0.2) is 30.3 Å². The third-order valence-corrected chi connectivity index (χ3v) is 2.89. The standard InChI is InChI=1S/C14H17N3O2/c1-4-19-14(18)10(2)13-16-15-11(3)17(13)12-8-6-5-7-9-12/h5-10H,4H2,1-3H3. The summed E-state index contributed by atoms with van der Waals surface area (Å²) >= 11 is 0. The molecule has 100 valence electrons. The molecule has 5 nitrogen and oxygen atoms in total. The molecule has 0 fully saturated rings. The van der Waals surface area contributed by atoms with Gasteiger partial charge in [-0.05, 0) is 32.9 Å². The quantitative estimate of drug-likeness (QED) is 0.790. The molecule has 1 aromatic heterocycles. The first-order valence-corrected chi connectivity index (χ1v) is 6.29. The lowest BCUT2D eigenvalue weighted by Crippen LogP contribution is -2.17. The first-order valence-electron chi connectivity index (χ1n) is 6.29. The van der Waals surface area contributed by atoms with E-state index >= 15 is 0 Å². The number of esters is 1. The molecule has 1 aromatic carbocycles.